The Balaban J connectivity index is 2.21. The number of hydrogen-bond donors (Lipinski definition) is 1. The normalized spacial score (nSPS) is 10.1. The predicted octanol–water partition coefficient (Wildman–Crippen LogP) is 2.88. The number of ether oxygens (including phenoxy) is 2. The summed E-state index contributed by atoms with van der Waals surface area (Å²) in [5, 5.41) is 2.99. The minimum absolute atomic E-state index is 0.529. The number of anilines is 1. The molecule has 0 bridgehead atoms. The highest BCUT2D eigenvalue weighted by atomic mass is 16.5. The second kappa shape index (κ2) is 6.04. The minimum atomic E-state index is 0.529. The van der Waals surface area contributed by atoms with Crippen molar-refractivity contribution in [2.75, 3.05) is 19.5 Å². The molecule has 5 heteroatoms. The molecule has 0 radical (unpaired) electrons. The molecule has 0 spiro atoms. The molecule has 1 aromatic heterocycles. The van der Waals surface area contributed by atoms with Gasteiger partial charge < -0.3 is 14.8 Å². The fraction of sp³-hybridized carbons (Fsp3) is 0.286. The molecule has 0 saturated carbocycles. The quantitative estimate of drug-likeness (QED) is 0.894. The number of methoxy groups -OCH3 is 1. The van der Waals surface area contributed by atoms with Gasteiger partial charge in [0, 0.05) is 19.5 Å². The topological polar surface area (TPSA) is 56.3 Å². The maximum Gasteiger partial charge on any atom is 0.224 e. The Hall–Kier alpha value is -2.30. The fourth-order valence-corrected chi connectivity index (χ4v) is 1.58. The highest BCUT2D eigenvalue weighted by Gasteiger charge is 2.05. The van der Waals surface area contributed by atoms with Crippen LogP contribution in [-0.2, 0) is 6.42 Å². The summed E-state index contributed by atoms with van der Waals surface area (Å²) in [6.07, 6.45) is 0.758. The van der Waals surface area contributed by atoms with E-state index < -0.39 is 0 Å². The van der Waals surface area contributed by atoms with Gasteiger partial charge in [-0.1, -0.05) is 6.92 Å². The van der Waals surface area contributed by atoms with Crippen LogP contribution in [0.15, 0.2) is 30.3 Å². The van der Waals surface area contributed by atoms with Gasteiger partial charge in [0.05, 0.1) is 7.11 Å². The summed E-state index contributed by atoms with van der Waals surface area (Å²) in [6.45, 7) is 2.01. The average Bonchev–Trinajstić information content (AvgIpc) is 2.47. The van der Waals surface area contributed by atoms with Gasteiger partial charge in [-0.05, 0) is 24.3 Å². The molecule has 0 aliphatic heterocycles. The Bertz CT molecular complexity index is 519. The third-order valence-corrected chi connectivity index (χ3v) is 2.60. The summed E-state index contributed by atoms with van der Waals surface area (Å²) < 4.78 is 10.8. The van der Waals surface area contributed by atoms with Crippen LogP contribution in [0.25, 0.3) is 0 Å². The maximum atomic E-state index is 5.72. The number of benzene rings is 1. The summed E-state index contributed by atoms with van der Waals surface area (Å²) in [5.41, 5.74) is 0. The summed E-state index contributed by atoms with van der Waals surface area (Å²) in [5.74, 6) is 3.52. The predicted molar refractivity (Wildman–Crippen MR) is 74.0 cm³/mol. The van der Waals surface area contributed by atoms with E-state index in [1.165, 1.54) is 0 Å². The van der Waals surface area contributed by atoms with Crippen LogP contribution >= 0.6 is 0 Å². The van der Waals surface area contributed by atoms with E-state index in [4.69, 9.17) is 9.47 Å². The van der Waals surface area contributed by atoms with E-state index in [2.05, 4.69) is 15.3 Å². The Morgan fingerprint density at radius 2 is 1.79 bits per heavy atom. The van der Waals surface area contributed by atoms with E-state index in [9.17, 15) is 0 Å². The van der Waals surface area contributed by atoms with Crippen molar-refractivity contribution in [3.05, 3.63) is 36.2 Å². The average molecular weight is 259 g/mol. The molecule has 1 N–H and O–H groups in total. The van der Waals surface area contributed by atoms with Gasteiger partial charge in [0.1, 0.15) is 23.1 Å². The molecule has 1 aromatic carbocycles. The number of aromatic nitrogens is 2. The minimum Gasteiger partial charge on any atom is -0.497 e. The monoisotopic (exact) mass is 259 g/mol. The van der Waals surface area contributed by atoms with Gasteiger partial charge in [0.25, 0.3) is 0 Å². The Labute approximate surface area is 112 Å². The van der Waals surface area contributed by atoms with Crippen molar-refractivity contribution < 1.29 is 9.47 Å². The van der Waals surface area contributed by atoms with Gasteiger partial charge in [0.15, 0.2) is 0 Å². The summed E-state index contributed by atoms with van der Waals surface area (Å²) in [4.78, 5) is 8.65. The number of hydrogen-bond acceptors (Lipinski definition) is 5. The van der Waals surface area contributed by atoms with Crippen LogP contribution < -0.4 is 14.8 Å². The lowest BCUT2D eigenvalue weighted by molar-refractivity contribution is 0.412. The molecule has 0 aliphatic carbocycles. The molecule has 2 rings (SSSR count). The highest BCUT2D eigenvalue weighted by molar-refractivity contribution is 5.40. The fourth-order valence-electron chi connectivity index (χ4n) is 1.58. The summed E-state index contributed by atoms with van der Waals surface area (Å²) in [7, 11) is 3.45. The molecule has 0 amide bonds. The third-order valence-electron chi connectivity index (χ3n) is 2.60. The maximum absolute atomic E-state index is 5.72. The molecule has 100 valence electrons. The molecule has 0 unspecified atom stereocenters. The lowest BCUT2D eigenvalue weighted by atomic mass is 10.3. The van der Waals surface area contributed by atoms with Gasteiger partial charge in [-0.2, -0.15) is 4.98 Å². The molecular formula is C14H17N3O2. The lowest BCUT2D eigenvalue weighted by Crippen LogP contribution is -2.01. The van der Waals surface area contributed by atoms with Gasteiger partial charge in [-0.3, -0.25) is 0 Å². The zero-order valence-electron chi connectivity index (χ0n) is 11.3. The SMILES string of the molecule is CCc1nc(NC)cc(Oc2ccc(OC)cc2)n1. The molecular weight excluding hydrogens is 242 g/mol. The summed E-state index contributed by atoms with van der Waals surface area (Å²) in [6, 6.07) is 9.13. The van der Waals surface area contributed by atoms with Gasteiger partial charge in [-0.15, -0.1) is 0 Å². The first kappa shape index (κ1) is 13.1. The molecule has 1 heterocycles. The van der Waals surface area contributed by atoms with Crippen molar-refractivity contribution >= 4 is 5.82 Å². The third kappa shape index (κ3) is 3.34. The van der Waals surface area contributed by atoms with E-state index in [1.54, 1.807) is 13.2 Å². The van der Waals surface area contributed by atoms with E-state index in [1.807, 2.05) is 38.2 Å². The van der Waals surface area contributed by atoms with Crippen molar-refractivity contribution in [2.45, 2.75) is 13.3 Å². The molecule has 0 fully saturated rings. The second-order valence-corrected chi connectivity index (χ2v) is 3.89. The Morgan fingerprint density at radius 1 is 1.11 bits per heavy atom. The lowest BCUT2D eigenvalue weighted by Gasteiger charge is -2.08. The van der Waals surface area contributed by atoms with Crippen molar-refractivity contribution in [3.8, 4) is 17.4 Å². The molecule has 0 atom stereocenters. The zero-order valence-corrected chi connectivity index (χ0v) is 11.3. The number of nitrogens with one attached hydrogen (secondary N) is 1. The van der Waals surface area contributed by atoms with Crippen LogP contribution in [0.5, 0.6) is 17.4 Å². The molecule has 19 heavy (non-hydrogen) atoms. The second-order valence-electron chi connectivity index (χ2n) is 3.89. The van der Waals surface area contributed by atoms with Crippen molar-refractivity contribution in [1.29, 1.82) is 0 Å². The Morgan fingerprint density at radius 3 is 2.37 bits per heavy atom. The van der Waals surface area contributed by atoms with E-state index in [0.717, 1.165) is 23.8 Å². The van der Waals surface area contributed by atoms with Crippen LogP contribution in [0.2, 0.25) is 0 Å². The largest absolute Gasteiger partial charge is 0.497 e. The van der Waals surface area contributed by atoms with Crippen LogP contribution in [0.1, 0.15) is 12.7 Å². The first-order valence-electron chi connectivity index (χ1n) is 6.12. The van der Waals surface area contributed by atoms with E-state index >= 15 is 0 Å². The van der Waals surface area contributed by atoms with E-state index in [0.29, 0.717) is 11.6 Å². The van der Waals surface area contributed by atoms with Crippen molar-refractivity contribution in [1.82, 2.24) is 9.97 Å². The van der Waals surface area contributed by atoms with Crippen molar-refractivity contribution in [2.24, 2.45) is 0 Å². The van der Waals surface area contributed by atoms with Crippen LogP contribution in [0.4, 0.5) is 5.82 Å². The van der Waals surface area contributed by atoms with Crippen LogP contribution in [-0.4, -0.2) is 24.1 Å². The van der Waals surface area contributed by atoms with E-state index in [-0.39, 0.29) is 0 Å². The number of nitrogens with zero attached hydrogens (tertiary/aromatic N) is 2. The molecule has 5 nitrogen and oxygen atoms in total. The van der Waals surface area contributed by atoms with Crippen molar-refractivity contribution in [3.63, 3.8) is 0 Å². The zero-order chi connectivity index (χ0) is 13.7. The first-order chi connectivity index (χ1) is 9.25. The molecule has 0 aliphatic rings. The summed E-state index contributed by atoms with van der Waals surface area (Å²) >= 11 is 0. The van der Waals surface area contributed by atoms with Gasteiger partial charge in [0.2, 0.25) is 5.88 Å². The highest BCUT2D eigenvalue weighted by Crippen LogP contribution is 2.23. The molecule has 2 aromatic rings. The smallest absolute Gasteiger partial charge is 0.224 e. The van der Waals surface area contributed by atoms with Gasteiger partial charge >= 0.3 is 0 Å². The first-order valence-corrected chi connectivity index (χ1v) is 6.12. The number of rotatable bonds is 5. The number of aryl methyl sites for hydroxylation is 1. The Kier molecular flexibility index (Phi) is 4.18. The molecule has 0 saturated heterocycles. The van der Waals surface area contributed by atoms with Crippen LogP contribution in [0, 0.1) is 0 Å². The van der Waals surface area contributed by atoms with Crippen LogP contribution in [0.3, 0.4) is 0 Å². The van der Waals surface area contributed by atoms with Gasteiger partial charge in [-0.25, -0.2) is 4.98 Å². The standard InChI is InChI=1S/C14H17N3O2/c1-4-12-16-13(15-2)9-14(17-12)19-11-7-5-10(18-3)6-8-11/h5-9H,4H2,1-3H3,(H,15,16,17).